The van der Waals surface area contributed by atoms with Crippen molar-refractivity contribution >= 4 is 8.32 Å². The van der Waals surface area contributed by atoms with E-state index in [0.29, 0.717) is 13.2 Å². The smallest absolute Gasteiger partial charge is 0.183 e. The molecule has 0 rings (SSSR count). The lowest BCUT2D eigenvalue weighted by Gasteiger charge is -2.16. The van der Waals surface area contributed by atoms with Gasteiger partial charge >= 0.3 is 0 Å². The minimum atomic E-state index is -1.34. The Bertz CT molecular complexity index is 138. The number of hydrogen-bond acceptors (Lipinski definition) is 2. The first-order valence-corrected chi connectivity index (χ1v) is 8.37. The van der Waals surface area contributed by atoms with Crippen LogP contribution >= 0.6 is 0 Å². The average molecular weight is 202 g/mol. The van der Waals surface area contributed by atoms with E-state index in [0.717, 1.165) is 6.42 Å². The highest BCUT2D eigenvalue weighted by Crippen LogP contribution is 2.01. The van der Waals surface area contributed by atoms with Crippen LogP contribution in [0.15, 0.2) is 12.3 Å². The van der Waals surface area contributed by atoms with Gasteiger partial charge in [0.15, 0.2) is 8.32 Å². The lowest BCUT2D eigenvalue weighted by atomic mass is 10.3. The molecule has 0 amide bonds. The van der Waals surface area contributed by atoms with Gasteiger partial charge in [0.1, 0.15) is 6.61 Å². The number of hydrogen-bond donors (Lipinski definition) is 0. The maximum atomic E-state index is 5.62. The zero-order valence-electron chi connectivity index (χ0n) is 9.30. The highest BCUT2D eigenvalue weighted by atomic mass is 28.4. The summed E-state index contributed by atoms with van der Waals surface area (Å²) in [5.41, 5.74) is 0. The molecule has 0 radical (unpaired) electrons. The molecule has 0 aromatic heterocycles. The average Bonchev–Trinajstić information content (AvgIpc) is 2.01. The van der Waals surface area contributed by atoms with Gasteiger partial charge in [-0.15, -0.1) is 0 Å². The summed E-state index contributed by atoms with van der Waals surface area (Å²) < 4.78 is 10.9. The van der Waals surface area contributed by atoms with Gasteiger partial charge in [-0.3, -0.25) is 0 Å². The summed E-state index contributed by atoms with van der Waals surface area (Å²) in [6.45, 7) is 10.1. The van der Waals surface area contributed by atoms with Gasteiger partial charge in [-0.25, -0.2) is 0 Å². The Morgan fingerprint density at radius 3 is 2.38 bits per heavy atom. The number of unbranched alkanes of at least 4 members (excludes halogenated alkanes) is 1. The number of ether oxygens (including phenoxy) is 1. The molecule has 0 saturated carbocycles. The predicted octanol–water partition coefficient (Wildman–Crippen LogP) is 3.17. The van der Waals surface area contributed by atoms with E-state index in [9.17, 15) is 0 Å². The second-order valence-electron chi connectivity index (χ2n) is 3.99. The fraction of sp³-hybridized carbons (Fsp3) is 0.800. The Labute approximate surface area is 83.1 Å². The highest BCUT2D eigenvalue weighted by Gasteiger charge is 2.12. The number of rotatable bonds is 7. The van der Waals surface area contributed by atoms with Crippen molar-refractivity contribution < 1.29 is 9.16 Å². The van der Waals surface area contributed by atoms with Crippen molar-refractivity contribution in [2.75, 3.05) is 13.2 Å². The van der Waals surface area contributed by atoms with E-state index < -0.39 is 8.32 Å². The van der Waals surface area contributed by atoms with Gasteiger partial charge < -0.3 is 9.16 Å². The summed E-state index contributed by atoms with van der Waals surface area (Å²) in [5.74, 6) is 0. The third-order valence-corrected chi connectivity index (χ3v) is 2.45. The molecule has 0 fully saturated rings. The van der Waals surface area contributed by atoms with Gasteiger partial charge in [0.25, 0.3) is 0 Å². The van der Waals surface area contributed by atoms with Crippen molar-refractivity contribution in [3.63, 3.8) is 0 Å². The molecule has 2 nitrogen and oxygen atoms in total. The zero-order valence-corrected chi connectivity index (χ0v) is 10.3. The maximum Gasteiger partial charge on any atom is 0.183 e. The normalized spacial score (nSPS) is 12.3. The van der Waals surface area contributed by atoms with Gasteiger partial charge in [-0.2, -0.15) is 0 Å². The minimum Gasteiger partial charge on any atom is -0.499 e. The third kappa shape index (κ3) is 11.7. The molecule has 0 atom stereocenters. The van der Waals surface area contributed by atoms with Crippen molar-refractivity contribution in [1.82, 2.24) is 0 Å². The minimum absolute atomic E-state index is 0.671. The third-order valence-electron chi connectivity index (χ3n) is 1.38. The molecule has 3 heteroatoms. The molecule has 0 unspecified atom stereocenters. The van der Waals surface area contributed by atoms with Crippen LogP contribution in [0.5, 0.6) is 0 Å². The molecular weight excluding hydrogens is 180 g/mol. The summed E-state index contributed by atoms with van der Waals surface area (Å²) in [4.78, 5) is 0. The summed E-state index contributed by atoms with van der Waals surface area (Å²) in [7, 11) is -1.34. The van der Waals surface area contributed by atoms with E-state index in [4.69, 9.17) is 9.16 Å². The van der Waals surface area contributed by atoms with Gasteiger partial charge in [0.2, 0.25) is 0 Å². The van der Waals surface area contributed by atoms with Crippen molar-refractivity contribution in [2.45, 2.75) is 39.4 Å². The largest absolute Gasteiger partial charge is 0.499 e. The van der Waals surface area contributed by atoms with Crippen LogP contribution in [-0.4, -0.2) is 21.5 Å². The molecule has 0 bridgehead atoms. The Hall–Kier alpha value is -0.283. The monoisotopic (exact) mass is 202 g/mol. The van der Waals surface area contributed by atoms with Gasteiger partial charge in [0, 0.05) is 0 Å². The van der Waals surface area contributed by atoms with Crippen molar-refractivity contribution in [3.8, 4) is 0 Å². The molecule has 78 valence electrons. The Morgan fingerprint density at radius 1 is 1.15 bits per heavy atom. The predicted molar refractivity (Wildman–Crippen MR) is 59.3 cm³/mol. The lowest BCUT2D eigenvalue weighted by molar-refractivity contribution is 0.175. The van der Waals surface area contributed by atoms with E-state index in [2.05, 4.69) is 32.6 Å². The van der Waals surface area contributed by atoms with Crippen molar-refractivity contribution in [3.05, 3.63) is 12.3 Å². The van der Waals surface area contributed by atoms with Crippen molar-refractivity contribution in [2.24, 2.45) is 0 Å². The molecule has 0 heterocycles. The molecule has 0 aromatic rings. The molecule has 0 saturated heterocycles. The van der Waals surface area contributed by atoms with Crippen LogP contribution < -0.4 is 0 Å². The van der Waals surface area contributed by atoms with Crippen LogP contribution in [0.2, 0.25) is 19.6 Å². The van der Waals surface area contributed by atoms with Gasteiger partial charge in [-0.05, 0) is 32.1 Å². The Balaban J connectivity index is 3.17. The standard InChI is InChI=1S/C10H22O2Si/c1-5-6-7-8-11-9-10-12-13(2,3)4/h7-8H,5-6,9-10H2,1-4H3/b8-7+. The molecule has 13 heavy (non-hydrogen) atoms. The van der Waals surface area contributed by atoms with Crippen LogP contribution in [0.4, 0.5) is 0 Å². The van der Waals surface area contributed by atoms with Crippen LogP contribution in [0.1, 0.15) is 19.8 Å². The van der Waals surface area contributed by atoms with Crippen LogP contribution in [0.25, 0.3) is 0 Å². The molecule has 0 aliphatic carbocycles. The Kier molecular flexibility index (Phi) is 7.00. The fourth-order valence-electron chi connectivity index (χ4n) is 0.767. The zero-order chi connectivity index (χ0) is 10.2. The topological polar surface area (TPSA) is 18.5 Å². The molecular formula is C10H22O2Si. The first-order chi connectivity index (χ1) is 6.06. The molecule has 0 N–H and O–H groups in total. The number of allylic oxidation sites excluding steroid dienone is 1. The first-order valence-electron chi connectivity index (χ1n) is 4.97. The maximum absolute atomic E-state index is 5.62. The highest BCUT2D eigenvalue weighted by molar-refractivity contribution is 6.69. The SMILES string of the molecule is CCC/C=C/OCCO[Si](C)(C)C. The van der Waals surface area contributed by atoms with E-state index in [1.807, 2.05) is 0 Å². The summed E-state index contributed by atoms with van der Waals surface area (Å²) in [6.07, 6.45) is 6.09. The quantitative estimate of drug-likeness (QED) is 0.359. The van der Waals surface area contributed by atoms with Gasteiger partial charge in [-0.1, -0.05) is 13.3 Å². The molecule has 0 aromatic carbocycles. The van der Waals surface area contributed by atoms with E-state index >= 15 is 0 Å². The summed E-state index contributed by atoms with van der Waals surface area (Å²) in [5, 5.41) is 0. The van der Waals surface area contributed by atoms with E-state index in [1.165, 1.54) is 6.42 Å². The fourth-order valence-corrected chi connectivity index (χ4v) is 1.46. The van der Waals surface area contributed by atoms with E-state index in [-0.39, 0.29) is 0 Å². The van der Waals surface area contributed by atoms with Crippen molar-refractivity contribution in [1.29, 1.82) is 0 Å². The van der Waals surface area contributed by atoms with Gasteiger partial charge in [0.05, 0.1) is 12.9 Å². The summed E-state index contributed by atoms with van der Waals surface area (Å²) >= 11 is 0. The Morgan fingerprint density at radius 2 is 1.85 bits per heavy atom. The van der Waals surface area contributed by atoms with Crippen LogP contribution in [-0.2, 0) is 9.16 Å². The lowest BCUT2D eigenvalue weighted by Crippen LogP contribution is -2.27. The first kappa shape index (κ1) is 12.7. The second-order valence-corrected chi connectivity index (χ2v) is 8.51. The van der Waals surface area contributed by atoms with Crippen LogP contribution in [0.3, 0.4) is 0 Å². The second kappa shape index (κ2) is 7.15. The summed E-state index contributed by atoms with van der Waals surface area (Å²) in [6, 6.07) is 0. The molecule has 0 aliphatic rings. The van der Waals surface area contributed by atoms with E-state index in [1.54, 1.807) is 6.26 Å². The van der Waals surface area contributed by atoms with Crippen LogP contribution in [0, 0.1) is 0 Å². The molecule has 0 spiro atoms. The molecule has 0 aliphatic heterocycles.